The van der Waals surface area contributed by atoms with Crippen molar-refractivity contribution >= 4 is 0 Å². The molecule has 0 aliphatic rings. The molecule has 0 fully saturated rings. The lowest BCUT2D eigenvalue weighted by Gasteiger charge is -2.48. The van der Waals surface area contributed by atoms with Gasteiger partial charge in [-0.1, -0.05) is 81.1 Å². The van der Waals surface area contributed by atoms with Crippen molar-refractivity contribution in [3.63, 3.8) is 0 Å². The molecule has 0 rings (SSSR count). The van der Waals surface area contributed by atoms with Gasteiger partial charge in [0.2, 0.25) is 0 Å². The van der Waals surface area contributed by atoms with Crippen molar-refractivity contribution in [3.8, 4) is 0 Å². The van der Waals surface area contributed by atoms with Crippen LogP contribution >= 0.6 is 0 Å². The zero-order valence-electron chi connectivity index (χ0n) is 19.7. The minimum Gasteiger partial charge on any atom is -0.369 e. The molecule has 0 aromatic rings. The van der Waals surface area contributed by atoms with Gasteiger partial charge in [0, 0.05) is 0 Å². The molecule has 1 heteroatoms. The van der Waals surface area contributed by atoms with E-state index in [1.807, 2.05) is 0 Å². The largest absolute Gasteiger partial charge is 0.369 e. The van der Waals surface area contributed by atoms with Gasteiger partial charge in [0.25, 0.3) is 0 Å². The molecule has 0 saturated heterocycles. The highest BCUT2D eigenvalue weighted by atomic mass is 16.5. The quantitative estimate of drug-likeness (QED) is 0.345. The predicted octanol–water partition coefficient (Wildman–Crippen LogP) is 7.98. The van der Waals surface area contributed by atoms with Gasteiger partial charge in [0.1, 0.15) is 0 Å². The molecule has 6 atom stereocenters. The summed E-state index contributed by atoms with van der Waals surface area (Å²) in [4.78, 5) is 0. The Morgan fingerprint density at radius 1 is 0.560 bits per heavy atom. The SMILES string of the molecule is CCC(C)C(C)C(CC)C(C)(C)OC(C)(C)C(CC)C(C)C(C)CC. The third-order valence-corrected chi connectivity index (χ3v) is 7.54. The van der Waals surface area contributed by atoms with Crippen LogP contribution in [0.2, 0.25) is 0 Å². The maximum absolute atomic E-state index is 6.96. The normalized spacial score (nSPS) is 20.6. The smallest absolute Gasteiger partial charge is 0.0664 e. The molecule has 0 aliphatic carbocycles. The second-order valence-corrected chi connectivity index (χ2v) is 9.83. The van der Waals surface area contributed by atoms with E-state index in [9.17, 15) is 0 Å². The first-order valence-corrected chi connectivity index (χ1v) is 11.1. The first kappa shape index (κ1) is 25.0. The summed E-state index contributed by atoms with van der Waals surface area (Å²) < 4.78 is 6.96. The Bertz CT molecular complexity index is 323. The minimum atomic E-state index is -0.0936. The lowest BCUT2D eigenvalue weighted by atomic mass is 9.70. The van der Waals surface area contributed by atoms with E-state index >= 15 is 0 Å². The van der Waals surface area contributed by atoms with Crippen molar-refractivity contribution in [1.29, 1.82) is 0 Å². The van der Waals surface area contributed by atoms with Gasteiger partial charge < -0.3 is 4.74 Å². The van der Waals surface area contributed by atoms with Crippen LogP contribution in [-0.4, -0.2) is 11.2 Å². The van der Waals surface area contributed by atoms with Gasteiger partial charge in [0.15, 0.2) is 0 Å². The second-order valence-electron chi connectivity index (χ2n) is 9.83. The Kier molecular flexibility index (Phi) is 10.3. The van der Waals surface area contributed by atoms with Crippen LogP contribution in [0.5, 0.6) is 0 Å². The van der Waals surface area contributed by atoms with Crippen LogP contribution < -0.4 is 0 Å². The van der Waals surface area contributed by atoms with Crippen molar-refractivity contribution in [2.24, 2.45) is 35.5 Å². The van der Waals surface area contributed by atoms with Crippen LogP contribution in [0.25, 0.3) is 0 Å². The van der Waals surface area contributed by atoms with Gasteiger partial charge in [-0.3, -0.25) is 0 Å². The fourth-order valence-electron chi connectivity index (χ4n) is 5.36. The minimum absolute atomic E-state index is 0.0936. The molecule has 0 aromatic heterocycles. The molecule has 0 N–H and O–H groups in total. The molecule has 0 aliphatic heterocycles. The Hall–Kier alpha value is -0.0400. The van der Waals surface area contributed by atoms with Crippen molar-refractivity contribution in [2.45, 2.75) is 120 Å². The molecule has 0 amide bonds. The summed E-state index contributed by atoms with van der Waals surface area (Å²) in [5.41, 5.74) is -0.187. The molecule has 0 spiro atoms. The Labute approximate surface area is 160 Å². The van der Waals surface area contributed by atoms with Gasteiger partial charge in [0.05, 0.1) is 11.2 Å². The van der Waals surface area contributed by atoms with Crippen LogP contribution in [0.15, 0.2) is 0 Å². The molecule has 0 aromatic carbocycles. The van der Waals surface area contributed by atoms with Crippen LogP contribution in [0.4, 0.5) is 0 Å². The standard InChI is InChI=1S/C24H50O/c1-13-17(5)19(7)21(15-3)23(9,10)25-24(11,12)22(16-4)20(8)18(6)14-2/h17-22H,13-16H2,1-12H3. The van der Waals surface area contributed by atoms with Crippen molar-refractivity contribution in [2.75, 3.05) is 0 Å². The molecule has 0 bridgehead atoms. The van der Waals surface area contributed by atoms with E-state index in [2.05, 4.69) is 83.1 Å². The topological polar surface area (TPSA) is 9.23 Å². The molecule has 25 heavy (non-hydrogen) atoms. The average Bonchev–Trinajstić information content (AvgIpc) is 2.52. The number of hydrogen-bond donors (Lipinski definition) is 0. The van der Waals surface area contributed by atoms with Gasteiger partial charge in [-0.25, -0.2) is 0 Å². The number of ether oxygens (including phenoxy) is 1. The van der Waals surface area contributed by atoms with E-state index in [4.69, 9.17) is 4.74 Å². The molecule has 0 heterocycles. The average molecular weight is 355 g/mol. The molecular weight excluding hydrogens is 304 g/mol. The number of hydrogen-bond acceptors (Lipinski definition) is 1. The number of rotatable bonds is 12. The highest BCUT2D eigenvalue weighted by Crippen LogP contribution is 2.43. The van der Waals surface area contributed by atoms with Crippen molar-refractivity contribution in [1.82, 2.24) is 0 Å². The third-order valence-electron chi connectivity index (χ3n) is 7.54. The lowest BCUT2D eigenvalue weighted by molar-refractivity contribution is -0.193. The van der Waals surface area contributed by atoms with E-state index in [1.165, 1.54) is 25.7 Å². The predicted molar refractivity (Wildman–Crippen MR) is 114 cm³/mol. The first-order chi connectivity index (χ1) is 11.4. The summed E-state index contributed by atoms with van der Waals surface area (Å²) in [7, 11) is 0. The summed E-state index contributed by atoms with van der Waals surface area (Å²) in [6.07, 6.45) is 4.87. The monoisotopic (exact) mass is 354 g/mol. The lowest BCUT2D eigenvalue weighted by Crippen LogP contribution is -2.50. The summed E-state index contributed by atoms with van der Waals surface area (Å²) in [6, 6.07) is 0. The Morgan fingerprint density at radius 2 is 0.840 bits per heavy atom. The fourth-order valence-corrected chi connectivity index (χ4v) is 5.36. The summed E-state index contributed by atoms with van der Waals surface area (Å²) in [5.74, 6) is 4.06. The maximum atomic E-state index is 6.96. The van der Waals surface area contributed by atoms with Crippen LogP contribution in [-0.2, 0) is 4.74 Å². The third kappa shape index (κ3) is 6.56. The molecule has 152 valence electrons. The van der Waals surface area contributed by atoms with Gasteiger partial charge in [-0.2, -0.15) is 0 Å². The molecule has 0 radical (unpaired) electrons. The maximum Gasteiger partial charge on any atom is 0.0664 e. The molecule has 1 nitrogen and oxygen atoms in total. The summed E-state index contributed by atoms with van der Waals surface area (Å²) in [6.45, 7) is 28.3. The molecule has 6 unspecified atom stereocenters. The first-order valence-electron chi connectivity index (χ1n) is 11.1. The van der Waals surface area contributed by atoms with E-state index in [-0.39, 0.29) is 11.2 Å². The Morgan fingerprint density at radius 3 is 1.04 bits per heavy atom. The molecular formula is C24H50O. The molecule has 0 saturated carbocycles. The van der Waals surface area contributed by atoms with E-state index in [0.717, 1.165) is 11.8 Å². The van der Waals surface area contributed by atoms with Crippen LogP contribution in [0, 0.1) is 35.5 Å². The van der Waals surface area contributed by atoms with Crippen molar-refractivity contribution < 1.29 is 4.74 Å². The van der Waals surface area contributed by atoms with E-state index < -0.39 is 0 Å². The zero-order valence-corrected chi connectivity index (χ0v) is 19.7. The van der Waals surface area contributed by atoms with Gasteiger partial charge in [-0.15, -0.1) is 0 Å². The second kappa shape index (κ2) is 10.3. The highest BCUT2D eigenvalue weighted by Gasteiger charge is 2.43. The van der Waals surface area contributed by atoms with Crippen LogP contribution in [0.1, 0.15) is 109 Å². The Balaban J connectivity index is 5.44. The summed E-state index contributed by atoms with van der Waals surface area (Å²) >= 11 is 0. The van der Waals surface area contributed by atoms with Gasteiger partial charge in [-0.05, 0) is 63.2 Å². The highest BCUT2D eigenvalue weighted by molar-refractivity contribution is 4.91. The van der Waals surface area contributed by atoms with E-state index in [0.29, 0.717) is 23.7 Å². The fraction of sp³-hybridized carbons (Fsp3) is 1.00. The van der Waals surface area contributed by atoms with Crippen molar-refractivity contribution in [3.05, 3.63) is 0 Å². The van der Waals surface area contributed by atoms with Crippen LogP contribution in [0.3, 0.4) is 0 Å². The van der Waals surface area contributed by atoms with E-state index in [1.54, 1.807) is 0 Å². The summed E-state index contributed by atoms with van der Waals surface area (Å²) in [5, 5.41) is 0. The van der Waals surface area contributed by atoms with Gasteiger partial charge >= 0.3 is 0 Å². The zero-order chi connectivity index (χ0) is 20.0.